The van der Waals surface area contributed by atoms with E-state index in [1.807, 2.05) is 0 Å². The van der Waals surface area contributed by atoms with E-state index in [0.717, 1.165) is 13.1 Å². The first-order valence-electron chi connectivity index (χ1n) is 11.3. The van der Waals surface area contributed by atoms with Gasteiger partial charge in [-0.15, -0.1) is 0 Å². The normalized spacial score (nSPS) is 15.1. The minimum Gasteiger partial charge on any atom is -0.464 e. The van der Waals surface area contributed by atoms with Crippen LogP contribution in [0.15, 0.2) is 24.3 Å². The van der Waals surface area contributed by atoms with Gasteiger partial charge >= 0.3 is 5.97 Å². The molecular weight excluding hydrogens is 441 g/mol. The molecule has 3 rings (SSSR count). The average Bonchev–Trinajstić information content (AvgIpc) is 3.06. The Bertz CT molecular complexity index is 1060. The van der Waals surface area contributed by atoms with Crippen LogP contribution >= 0.6 is 0 Å². The van der Waals surface area contributed by atoms with Crippen molar-refractivity contribution in [3.05, 3.63) is 58.2 Å². The summed E-state index contributed by atoms with van der Waals surface area (Å²) in [6.45, 7) is 8.80. The molecule has 0 spiro atoms. The minimum atomic E-state index is -0.802. The van der Waals surface area contributed by atoms with Gasteiger partial charge in [0.05, 0.1) is 26.4 Å². The number of rotatable bonds is 8. The number of ether oxygens (including phenoxy) is 2. The second-order valence-corrected chi connectivity index (χ2v) is 8.48. The number of halogens is 1. The fourth-order valence-corrected chi connectivity index (χ4v) is 4.38. The molecule has 0 saturated carbocycles. The number of hydrogen-bond acceptors (Lipinski definition) is 6. The Kier molecular flexibility index (Phi) is 8.22. The third kappa shape index (κ3) is 5.20. The summed E-state index contributed by atoms with van der Waals surface area (Å²) in [5.41, 5.74) is 2.15. The van der Waals surface area contributed by atoms with Gasteiger partial charge in [-0.1, -0.05) is 0 Å². The molecule has 1 amide bonds. The average molecular weight is 474 g/mol. The molecule has 1 atom stereocenters. The summed E-state index contributed by atoms with van der Waals surface area (Å²) in [5.74, 6) is -1.58. The molecule has 184 valence electrons. The van der Waals surface area contributed by atoms with Gasteiger partial charge in [0.1, 0.15) is 11.5 Å². The number of Topliss-reactive ketones (excluding diaryl/α,β-unsaturated/α-hetero) is 1. The van der Waals surface area contributed by atoms with E-state index in [1.54, 1.807) is 32.4 Å². The van der Waals surface area contributed by atoms with E-state index in [9.17, 15) is 18.8 Å². The summed E-state index contributed by atoms with van der Waals surface area (Å²) >= 11 is 0. The molecule has 1 aromatic heterocycles. The van der Waals surface area contributed by atoms with Crippen LogP contribution in [0.2, 0.25) is 0 Å². The smallest absolute Gasteiger partial charge is 0.354 e. The van der Waals surface area contributed by atoms with Crippen LogP contribution in [0.5, 0.6) is 0 Å². The fourth-order valence-electron chi connectivity index (χ4n) is 4.38. The van der Waals surface area contributed by atoms with Crippen molar-refractivity contribution in [3.8, 4) is 0 Å². The number of hydrogen-bond donors (Lipinski definition) is 0. The van der Waals surface area contributed by atoms with Gasteiger partial charge in [0, 0.05) is 50.0 Å². The van der Waals surface area contributed by atoms with Gasteiger partial charge in [0.15, 0.2) is 5.78 Å². The second kappa shape index (κ2) is 10.9. The zero-order valence-electron chi connectivity index (χ0n) is 20.4. The molecule has 1 unspecified atom stereocenters. The molecule has 1 aromatic carbocycles. The predicted molar refractivity (Wildman–Crippen MR) is 125 cm³/mol. The standard InChI is InChI=1S/C25H32FN3O5/c1-16-21(17(2)27(4)22(16)25(32)33-5)23(30)18(3)29(11-10-28-12-14-34-15-13-28)24(31)19-6-8-20(26)9-7-19/h6-9,18H,10-15H2,1-5H3. The first-order chi connectivity index (χ1) is 16.2. The lowest BCUT2D eigenvalue weighted by Crippen LogP contribution is -2.48. The molecule has 1 aliphatic heterocycles. The monoisotopic (exact) mass is 473 g/mol. The van der Waals surface area contributed by atoms with Crippen molar-refractivity contribution in [2.75, 3.05) is 46.5 Å². The van der Waals surface area contributed by atoms with Crippen molar-refractivity contribution in [2.24, 2.45) is 7.05 Å². The van der Waals surface area contributed by atoms with Crippen LogP contribution in [0, 0.1) is 19.7 Å². The molecule has 1 saturated heterocycles. The number of ketones is 1. The molecule has 2 aromatic rings. The van der Waals surface area contributed by atoms with Gasteiger partial charge in [0.25, 0.3) is 5.91 Å². The van der Waals surface area contributed by atoms with Crippen molar-refractivity contribution in [1.29, 1.82) is 0 Å². The Labute approximate surface area is 199 Å². The SMILES string of the molecule is COC(=O)c1c(C)c(C(=O)C(C)N(CCN2CCOCC2)C(=O)c2ccc(F)cc2)c(C)n1C. The van der Waals surface area contributed by atoms with E-state index in [2.05, 4.69) is 4.90 Å². The van der Waals surface area contributed by atoms with E-state index in [-0.39, 0.29) is 11.7 Å². The maximum Gasteiger partial charge on any atom is 0.354 e. The van der Waals surface area contributed by atoms with Crippen molar-refractivity contribution in [2.45, 2.75) is 26.8 Å². The molecule has 8 nitrogen and oxygen atoms in total. The number of morpholine rings is 1. The fraction of sp³-hybridized carbons (Fsp3) is 0.480. The summed E-state index contributed by atoms with van der Waals surface area (Å²) < 4.78 is 25.4. The van der Waals surface area contributed by atoms with Crippen LogP contribution < -0.4 is 0 Å². The topological polar surface area (TPSA) is 81.1 Å². The Morgan fingerprint density at radius 1 is 1.15 bits per heavy atom. The summed E-state index contributed by atoms with van der Waals surface area (Å²) in [4.78, 5) is 43.1. The molecule has 0 radical (unpaired) electrons. The van der Waals surface area contributed by atoms with E-state index >= 15 is 0 Å². The Hall–Kier alpha value is -3.04. The molecule has 0 bridgehead atoms. The molecule has 0 aliphatic carbocycles. The van der Waals surface area contributed by atoms with Crippen LogP contribution in [-0.4, -0.2) is 84.6 Å². The molecular formula is C25H32FN3O5. The van der Waals surface area contributed by atoms with E-state index in [0.29, 0.717) is 54.4 Å². The summed E-state index contributed by atoms with van der Waals surface area (Å²) in [6.07, 6.45) is 0. The predicted octanol–water partition coefficient (Wildman–Crippen LogP) is 2.61. The highest BCUT2D eigenvalue weighted by molar-refractivity contribution is 6.07. The Morgan fingerprint density at radius 3 is 2.35 bits per heavy atom. The molecule has 1 aliphatic rings. The largest absolute Gasteiger partial charge is 0.464 e. The third-order valence-corrected chi connectivity index (χ3v) is 6.52. The van der Waals surface area contributed by atoms with Crippen molar-refractivity contribution >= 4 is 17.7 Å². The van der Waals surface area contributed by atoms with E-state index in [1.165, 1.54) is 36.3 Å². The number of nitrogens with zero attached hydrogens (tertiary/aromatic N) is 3. The summed E-state index contributed by atoms with van der Waals surface area (Å²) in [6, 6.07) is 4.50. The van der Waals surface area contributed by atoms with Crippen LogP contribution in [0.25, 0.3) is 0 Å². The lowest BCUT2D eigenvalue weighted by Gasteiger charge is -2.33. The molecule has 2 heterocycles. The van der Waals surface area contributed by atoms with Crippen LogP contribution in [0.3, 0.4) is 0 Å². The number of amides is 1. The highest BCUT2D eigenvalue weighted by atomic mass is 19.1. The highest BCUT2D eigenvalue weighted by Gasteiger charge is 2.33. The van der Waals surface area contributed by atoms with Crippen molar-refractivity contribution < 1.29 is 28.2 Å². The number of aromatic nitrogens is 1. The first kappa shape index (κ1) is 25.6. The molecule has 1 fully saturated rings. The zero-order valence-corrected chi connectivity index (χ0v) is 20.4. The number of carbonyl (C=O) groups excluding carboxylic acids is 3. The summed E-state index contributed by atoms with van der Waals surface area (Å²) in [7, 11) is 3.00. The Morgan fingerprint density at radius 2 is 1.76 bits per heavy atom. The Balaban J connectivity index is 1.93. The van der Waals surface area contributed by atoms with E-state index < -0.39 is 17.8 Å². The first-order valence-corrected chi connectivity index (χ1v) is 11.3. The van der Waals surface area contributed by atoms with Gasteiger partial charge in [-0.2, -0.15) is 0 Å². The lowest BCUT2D eigenvalue weighted by atomic mass is 9.99. The van der Waals surface area contributed by atoms with Gasteiger partial charge in [-0.3, -0.25) is 14.5 Å². The molecule has 34 heavy (non-hydrogen) atoms. The number of benzene rings is 1. The molecule has 9 heteroatoms. The van der Waals surface area contributed by atoms with Crippen molar-refractivity contribution in [3.63, 3.8) is 0 Å². The van der Waals surface area contributed by atoms with Crippen LogP contribution in [0.4, 0.5) is 4.39 Å². The van der Waals surface area contributed by atoms with Crippen LogP contribution in [-0.2, 0) is 16.5 Å². The van der Waals surface area contributed by atoms with Crippen molar-refractivity contribution in [1.82, 2.24) is 14.4 Å². The van der Waals surface area contributed by atoms with Gasteiger partial charge in [-0.25, -0.2) is 9.18 Å². The number of esters is 1. The van der Waals surface area contributed by atoms with Crippen LogP contribution in [0.1, 0.15) is 49.4 Å². The maximum atomic E-state index is 13.7. The van der Waals surface area contributed by atoms with E-state index in [4.69, 9.17) is 9.47 Å². The minimum absolute atomic E-state index is 0.266. The third-order valence-electron chi connectivity index (χ3n) is 6.52. The molecule has 0 N–H and O–H groups in total. The number of carbonyl (C=O) groups is 3. The highest BCUT2D eigenvalue weighted by Crippen LogP contribution is 2.25. The zero-order chi connectivity index (χ0) is 25.0. The number of methoxy groups -OCH3 is 1. The quantitative estimate of drug-likeness (QED) is 0.433. The second-order valence-electron chi connectivity index (χ2n) is 8.48. The van der Waals surface area contributed by atoms with Gasteiger partial charge in [0.2, 0.25) is 0 Å². The maximum absolute atomic E-state index is 13.7. The summed E-state index contributed by atoms with van der Waals surface area (Å²) in [5, 5.41) is 0. The lowest BCUT2D eigenvalue weighted by molar-refractivity contribution is 0.0298. The van der Waals surface area contributed by atoms with Gasteiger partial charge in [-0.05, 0) is 50.6 Å². The van der Waals surface area contributed by atoms with Gasteiger partial charge < -0.3 is 18.9 Å².